The predicted molar refractivity (Wildman–Crippen MR) is 115 cm³/mol. The molecule has 0 radical (unpaired) electrons. The van der Waals surface area contributed by atoms with E-state index in [1.54, 1.807) is 6.21 Å². The Balaban J connectivity index is 1.54. The Morgan fingerprint density at radius 1 is 0.963 bits per heavy atom. The molecule has 6 heteroatoms. The lowest BCUT2D eigenvalue weighted by atomic mass is 10.1. The molecule has 136 valence electrons. The smallest absolute Gasteiger partial charge is 0.277 e. The van der Waals surface area contributed by atoms with Crippen LogP contribution in [0.25, 0.3) is 11.1 Å². The third kappa shape index (κ3) is 5.77. The first kappa shape index (κ1) is 19.3. The summed E-state index contributed by atoms with van der Waals surface area (Å²) in [6.07, 6.45) is 1.58. The van der Waals surface area contributed by atoms with Gasteiger partial charge in [0, 0.05) is 4.47 Å². The van der Waals surface area contributed by atoms with Gasteiger partial charge in [0.15, 0.2) is 6.61 Å². The van der Waals surface area contributed by atoms with Crippen LogP contribution in [0, 0.1) is 0 Å². The van der Waals surface area contributed by atoms with Crippen molar-refractivity contribution in [2.75, 3.05) is 6.61 Å². The van der Waals surface area contributed by atoms with Crippen LogP contribution in [0.1, 0.15) is 5.56 Å². The second-order valence-electron chi connectivity index (χ2n) is 5.65. The van der Waals surface area contributed by atoms with E-state index in [1.807, 2.05) is 72.8 Å². The molecule has 27 heavy (non-hydrogen) atoms. The van der Waals surface area contributed by atoms with Crippen molar-refractivity contribution in [2.45, 2.75) is 0 Å². The van der Waals surface area contributed by atoms with Gasteiger partial charge in [0.2, 0.25) is 0 Å². The summed E-state index contributed by atoms with van der Waals surface area (Å²) in [4.78, 5) is 11.9. The van der Waals surface area contributed by atoms with Gasteiger partial charge in [-0.2, -0.15) is 5.10 Å². The van der Waals surface area contributed by atoms with E-state index in [0.29, 0.717) is 5.75 Å². The van der Waals surface area contributed by atoms with Crippen LogP contribution < -0.4 is 10.2 Å². The van der Waals surface area contributed by atoms with Crippen molar-refractivity contribution in [1.29, 1.82) is 0 Å². The van der Waals surface area contributed by atoms with Crippen LogP contribution >= 0.6 is 31.9 Å². The van der Waals surface area contributed by atoms with Crippen LogP contribution in [0.5, 0.6) is 5.75 Å². The van der Waals surface area contributed by atoms with E-state index in [1.165, 1.54) is 0 Å². The molecule has 0 atom stereocenters. The molecule has 1 N–H and O–H groups in total. The standard InChI is InChI=1S/C21H16Br2N2O2/c22-18-8-4-5-15(11-18)13-24-25-21(26)14-27-20-10-9-17(12-19(20)23)16-6-2-1-3-7-16/h1-13H,14H2,(H,25,26)/b24-13+. The lowest BCUT2D eigenvalue weighted by Crippen LogP contribution is -2.24. The first-order chi connectivity index (χ1) is 13.1. The number of benzene rings is 3. The highest BCUT2D eigenvalue weighted by Gasteiger charge is 2.07. The number of halogens is 2. The largest absolute Gasteiger partial charge is 0.483 e. The van der Waals surface area contributed by atoms with Gasteiger partial charge in [0.05, 0.1) is 10.7 Å². The van der Waals surface area contributed by atoms with E-state index >= 15 is 0 Å². The van der Waals surface area contributed by atoms with Gasteiger partial charge in [0.1, 0.15) is 5.75 Å². The number of hydrazone groups is 1. The first-order valence-corrected chi connectivity index (χ1v) is 9.76. The van der Waals surface area contributed by atoms with Crippen LogP contribution in [-0.4, -0.2) is 18.7 Å². The maximum Gasteiger partial charge on any atom is 0.277 e. The molecule has 0 saturated heterocycles. The zero-order valence-corrected chi connectivity index (χ0v) is 17.4. The van der Waals surface area contributed by atoms with Crippen LogP contribution in [0.2, 0.25) is 0 Å². The fraction of sp³-hybridized carbons (Fsp3) is 0.0476. The quantitative estimate of drug-likeness (QED) is 0.373. The summed E-state index contributed by atoms with van der Waals surface area (Å²) in [5.41, 5.74) is 5.51. The van der Waals surface area contributed by atoms with Crippen molar-refractivity contribution in [3.63, 3.8) is 0 Å². The van der Waals surface area contributed by atoms with Crippen LogP contribution in [-0.2, 0) is 4.79 Å². The highest BCUT2D eigenvalue weighted by atomic mass is 79.9. The Morgan fingerprint density at radius 3 is 2.52 bits per heavy atom. The van der Waals surface area contributed by atoms with E-state index in [-0.39, 0.29) is 12.5 Å². The average molecular weight is 488 g/mol. The maximum atomic E-state index is 11.9. The number of nitrogens with zero attached hydrogens (tertiary/aromatic N) is 1. The number of amides is 1. The molecule has 0 aliphatic heterocycles. The Hall–Kier alpha value is -2.44. The predicted octanol–water partition coefficient (Wildman–Crippen LogP) is 5.41. The summed E-state index contributed by atoms with van der Waals surface area (Å²) >= 11 is 6.88. The third-order valence-electron chi connectivity index (χ3n) is 3.65. The molecule has 0 aromatic heterocycles. The molecule has 3 rings (SSSR count). The van der Waals surface area contributed by atoms with Gasteiger partial charge in [0.25, 0.3) is 5.91 Å². The zero-order chi connectivity index (χ0) is 19.1. The van der Waals surface area contributed by atoms with E-state index in [9.17, 15) is 4.79 Å². The molecular weight excluding hydrogens is 472 g/mol. The average Bonchev–Trinajstić information content (AvgIpc) is 2.68. The molecule has 0 aliphatic rings. The molecule has 0 bridgehead atoms. The highest BCUT2D eigenvalue weighted by molar-refractivity contribution is 9.10. The molecule has 3 aromatic rings. The van der Waals surface area contributed by atoms with Crippen LogP contribution in [0.15, 0.2) is 86.8 Å². The summed E-state index contributed by atoms with van der Waals surface area (Å²) in [6, 6.07) is 23.4. The van der Waals surface area contributed by atoms with Gasteiger partial charge >= 0.3 is 0 Å². The van der Waals surface area contributed by atoms with Gasteiger partial charge in [-0.05, 0) is 56.9 Å². The summed E-state index contributed by atoms with van der Waals surface area (Å²) in [5, 5.41) is 3.93. The van der Waals surface area contributed by atoms with Crippen LogP contribution in [0.4, 0.5) is 0 Å². The number of carbonyl (C=O) groups is 1. The number of hydrogen-bond donors (Lipinski definition) is 1. The summed E-state index contributed by atoms with van der Waals surface area (Å²) in [5.74, 6) is 0.265. The SMILES string of the molecule is O=C(COc1ccc(-c2ccccc2)cc1Br)N/N=C/c1cccc(Br)c1. The molecule has 0 heterocycles. The third-order valence-corrected chi connectivity index (χ3v) is 4.76. The minimum absolute atomic E-state index is 0.126. The lowest BCUT2D eigenvalue weighted by molar-refractivity contribution is -0.123. The lowest BCUT2D eigenvalue weighted by Gasteiger charge is -2.09. The maximum absolute atomic E-state index is 11.9. The number of hydrogen-bond acceptors (Lipinski definition) is 3. The monoisotopic (exact) mass is 486 g/mol. The molecule has 0 spiro atoms. The van der Waals surface area contributed by atoms with E-state index in [4.69, 9.17) is 4.74 Å². The second kappa shape index (κ2) is 9.48. The van der Waals surface area contributed by atoms with E-state index < -0.39 is 0 Å². The Morgan fingerprint density at radius 2 is 1.78 bits per heavy atom. The Labute approximate surface area is 174 Å². The fourth-order valence-electron chi connectivity index (χ4n) is 2.37. The summed E-state index contributed by atoms with van der Waals surface area (Å²) in [7, 11) is 0. The molecule has 0 aliphatic carbocycles. The van der Waals surface area contributed by atoms with Gasteiger partial charge < -0.3 is 4.74 Å². The van der Waals surface area contributed by atoms with Crippen molar-refractivity contribution in [1.82, 2.24) is 5.43 Å². The minimum atomic E-state index is -0.333. The van der Waals surface area contributed by atoms with E-state index in [0.717, 1.165) is 25.6 Å². The Kier molecular flexibility index (Phi) is 6.79. The number of ether oxygens (including phenoxy) is 1. The Bertz CT molecular complexity index is 959. The van der Waals surface area contributed by atoms with Gasteiger partial charge in [-0.25, -0.2) is 5.43 Å². The number of carbonyl (C=O) groups excluding carboxylic acids is 1. The second-order valence-corrected chi connectivity index (χ2v) is 7.42. The highest BCUT2D eigenvalue weighted by Crippen LogP contribution is 2.30. The van der Waals surface area contributed by atoms with Crippen molar-refractivity contribution < 1.29 is 9.53 Å². The molecule has 0 unspecified atom stereocenters. The van der Waals surface area contributed by atoms with Crippen molar-refractivity contribution in [2.24, 2.45) is 5.10 Å². The van der Waals surface area contributed by atoms with E-state index in [2.05, 4.69) is 42.4 Å². The molecule has 4 nitrogen and oxygen atoms in total. The topological polar surface area (TPSA) is 50.7 Å². The summed E-state index contributed by atoms with van der Waals surface area (Å²) in [6.45, 7) is -0.126. The van der Waals surface area contributed by atoms with Crippen molar-refractivity contribution >= 4 is 44.0 Å². The van der Waals surface area contributed by atoms with Gasteiger partial charge in [-0.3, -0.25) is 4.79 Å². The van der Waals surface area contributed by atoms with Crippen molar-refractivity contribution in [3.8, 4) is 16.9 Å². The molecule has 3 aromatic carbocycles. The molecular formula is C21H16Br2N2O2. The number of rotatable bonds is 6. The summed E-state index contributed by atoms with van der Waals surface area (Å²) < 4.78 is 7.31. The van der Waals surface area contributed by atoms with Crippen molar-refractivity contribution in [3.05, 3.63) is 87.3 Å². The first-order valence-electron chi connectivity index (χ1n) is 8.17. The zero-order valence-electron chi connectivity index (χ0n) is 14.2. The normalized spacial score (nSPS) is 10.7. The van der Waals surface area contributed by atoms with Crippen LogP contribution in [0.3, 0.4) is 0 Å². The van der Waals surface area contributed by atoms with Gasteiger partial charge in [-0.1, -0.05) is 64.5 Å². The molecule has 0 fully saturated rings. The van der Waals surface area contributed by atoms with Gasteiger partial charge in [-0.15, -0.1) is 0 Å². The molecule has 0 saturated carbocycles. The minimum Gasteiger partial charge on any atom is -0.483 e. The fourth-order valence-corrected chi connectivity index (χ4v) is 3.28. The molecule has 1 amide bonds. The number of nitrogens with one attached hydrogen (secondary N) is 1.